The van der Waals surface area contributed by atoms with Gasteiger partial charge in [0.25, 0.3) is 0 Å². The molecule has 2 aliphatic rings. The van der Waals surface area contributed by atoms with Crippen molar-refractivity contribution in [3.8, 4) is 0 Å². The molecule has 2 fully saturated rings. The number of carbonyl (C=O) groups is 2. The highest BCUT2D eigenvalue weighted by Crippen LogP contribution is 2.30. The first kappa shape index (κ1) is 22.1. The lowest BCUT2D eigenvalue weighted by Gasteiger charge is -2.35. The van der Waals surface area contributed by atoms with Crippen molar-refractivity contribution in [2.24, 2.45) is 11.1 Å². The summed E-state index contributed by atoms with van der Waals surface area (Å²) in [7, 11) is 0. The van der Waals surface area contributed by atoms with E-state index in [0.717, 1.165) is 35.9 Å². The van der Waals surface area contributed by atoms with Gasteiger partial charge in [-0.15, -0.1) is 0 Å². The van der Waals surface area contributed by atoms with E-state index < -0.39 is 18.0 Å². The van der Waals surface area contributed by atoms with Crippen LogP contribution in [0.2, 0.25) is 5.02 Å². The largest absolute Gasteiger partial charge is 0.481 e. The van der Waals surface area contributed by atoms with Crippen LogP contribution in [0.5, 0.6) is 0 Å². The molecule has 1 saturated carbocycles. The van der Waals surface area contributed by atoms with Crippen molar-refractivity contribution >= 4 is 51.8 Å². The minimum absolute atomic E-state index is 0.406. The van der Waals surface area contributed by atoms with Gasteiger partial charge in [-0.1, -0.05) is 29.6 Å². The lowest BCUT2D eigenvalue weighted by atomic mass is 9.99. The standard InChI is InChI=1S/C22H26ClN5O4/c23-14-6-7-15-18(12-14)25-20(24)13-19(15)27-8-10-28(11-9-27)22(31)32-26-17-5-3-1-2-4-16(17)21(29)30/h6-7,12-13,16H,1-5,8-11H2,(H2,24,25)(H,29,30). The summed E-state index contributed by atoms with van der Waals surface area (Å²) in [6, 6.07) is 7.34. The van der Waals surface area contributed by atoms with Gasteiger partial charge in [0.2, 0.25) is 0 Å². The summed E-state index contributed by atoms with van der Waals surface area (Å²) in [6.07, 6.45) is 3.16. The summed E-state index contributed by atoms with van der Waals surface area (Å²) < 4.78 is 0. The van der Waals surface area contributed by atoms with E-state index in [-0.39, 0.29) is 0 Å². The lowest BCUT2D eigenvalue weighted by Crippen LogP contribution is -2.48. The molecule has 1 atom stereocenters. The number of hydrogen-bond acceptors (Lipinski definition) is 7. The number of fused-ring (bicyclic) bond motifs is 1. The SMILES string of the molecule is Nc1cc(N2CCN(C(=O)ON=C3CCCCCC3C(=O)O)CC2)c2ccc(Cl)cc2n1. The number of aromatic nitrogens is 1. The van der Waals surface area contributed by atoms with E-state index in [1.54, 1.807) is 11.0 Å². The third kappa shape index (κ3) is 4.88. The topological polar surface area (TPSA) is 121 Å². The molecule has 1 aliphatic heterocycles. The molecule has 1 unspecified atom stereocenters. The van der Waals surface area contributed by atoms with Gasteiger partial charge in [0.1, 0.15) is 5.82 Å². The number of carboxylic acids is 1. The van der Waals surface area contributed by atoms with Crippen molar-refractivity contribution < 1.29 is 19.5 Å². The van der Waals surface area contributed by atoms with Crippen LogP contribution in [0.1, 0.15) is 32.1 Å². The second-order valence-electron chi connectivity index (χ2n) is 8.13. The number of pyridine rings is 1. The smallest absolute Gasteiger partial charge is 0.436 e. The van der Waals surface area contributed by atoms with Crippen LogP contribution in [0.4, 0.5) is 16.3 Å². The maximum absolute atomic E-state index is 12.5. The fraction of sp³-hybridized carbons (Fsp3) is 0.455. The van der Waals surface area contributed by atoms with Crippen molar-refractivity contribution in [1.82, 2.24) is 9.88 Å². The molecule has 32 heavy (non-hydrogen) atoms. The summed E-state index contributed by atoms with van der Waals surface area (Å²) in [5, 5.41) is 14.9. The van der Waals surface area contributed by atoms with Crippen molar-refractivity contribution in [3.05, 3.63) is 29.3 Å². The number of hydrogen-bond donors (Lipinski definition) is 2. The van der Waals surface area contributed by atoms with E-state index in [1.165, 1.54) is 0 Å². The Labute approximate surface area is 190 Å². The van der Waals surface area contributed by atoms with Gasteiger partial charge in [0.05, 0.1) is 17.1 Å². The molecule has 0 bridgehead atoms. The molecule has 3 N–H and O–H groups in total. The number of benzene rings is 1. The molecule has 1 saturated heterocycles. The number of piperazine rings is 1. The van der Waals surface area contributed by atoms with Gasteiger partial charge in [0.15, 0.2) is 0 Å². The highest BCUT2D eigenvalue weighted by Gasteiger charge is 2.28. The normalized spacial score (nSPS) is 20.9. The predicted molar refractivity (Wildman–Crippen MR) is 123 cm³/mol. The minimum atomic E-state index is -0.916. The van der Waals surface area contributed by atoms with Crippen molar-refractivity contribution in [2.45, 2.75) is 32.1 Å². The van der Waals surface area contributed by atoms with Crippen molar-refractivity contribution in [1.29, 1.82) is 0 Å². The molecule has 1 aliphatic carbocycles. The predicted octanol–water partition coefficient (Wildman–Crippen LogP) is 3.75. The average Bonchev–Trinajstić information content (AvgIpc) is 3.02. The number of rotatable bonds is 3. The highest BCUT2D eigenvalue weighted by atomic mass is 35.5. The fourth-order valence-electron chi connectivity index (χ4n) is 4.30. The number of amides is 1. The first-order valence-electron chi connectivity index (χ1n) is 10.8. The molecule has 0 spiro atoms. The van der Waals surface area contributed by atoms with Crippen LogP contribution in [0.15, 0.2) is 29.4 Å². The number of nitrogens with two attached hydrogens (primary N) is 1. The van der Waals surface area contributed by atoms with Crippen LogP contribution in [-0.4, -0.2) is 58.9 Å². The summed E-state index contributed by atoms with van der Waals surface area (Å²) in [4.78, 5) is 37.3. The third-order valence-corrected chi connectivity index (χ3v) is 6.25. The number of oxime groups is 1. The molecule has 4 rings (SSSR count). The van der Waals surface area contributed by atoms with E-state index in [0.29, 0.717) is 55.6 Å². The fourth-order valence-corrected chi connectivity index (χ4v) is 4.46. The molecular formula is C22H26ClN5O4. The van der Waals surface area contributed by atoms with Crippen LogP contribution in [-0.2, 0) is 9.63 Å². The number of anilines is 2. The number of aliphatic carboxylic acids is 1. The maximum atomic E-state index is 12.5. The Balaban J connectivity index is 1.41. The zero-order valence-electron chi connectivity index (χ0n) is 17.7. The summed E-state index contributed by atoms with van der Waals surface area (Å²) in [6.45, 7) is 2.07. The Kier molecular flexibility index (Phi) is 6.64. The Hall–Kier alpha value is -3.07. The van der Waals surface area contributed by atoms with Crippen LogP contribution in [0.3, 0.4) is 0 Å². The average molecular weight is 460 g/mol. The van der Waals surface area contributed by atoms with E-state index in [9.17, 15) is 14.7 Å². The first-order chi connectivity index (χ1) is 15.4. The molecule has 1 aromatic carbocycles. The molecule has 9 nitrogen and oxygen atoms in total. The minimum Gasteiger partial charge on any atom is -0.481 e. The van der Waals surface area contributed by atoms with Gasteiger partial charge in [-0.25, -0.2) is 9.78 Å². The first-order valence-corrected chi connectivity index (χ1v) is 11.2. The Morgan fingerprint density at radius 3 is 2.69 bits per heavy atom. The van der Waals surface area contributed by atoms with E-state index >= 15 is 0 Å². The van der Waals surface area contributed by atoms with Gasteiger partial charge < -0.3 is 20.6 Å². The monoisotopic (exact) mass is 459 g/mol. The van der Waals surface area contributed by atoms with Gasteiger partial charge in [-0.3, -0.25) is 9.63 Å². The number of halogens is 1. The molecule has 0 radical (unpaired) electrons. The van der Waals surface area contributed by atoms with Crippen LogP contribution >= 0.6 is 11.6 Å². The zero-order valence-corrected chi connectivity index (χ0v) is 18.4. The van der Waals surface area contributed by atoms with Gasteiger partial charge in [0, 0.05) is 48.3 Å². The van der Waals surface area contributed by atoms with Crippen LogP contribution < -0.4 is 10.6 Å². The number of carbonyl (C=O) groups excluding carboxylic acids is 1. The van der Waals surface area contributed by atoms with Gasteiger partial charge in [-0.05, 0) is 37.5 Å². The van der Waals surface area contributed by atoms with E-state index in [1.807, 2.05) is 18.2 Å². The Bertz CT molecular complexity index is 1050. The Morgan fingerprint density at radius 1 is 1.16 bits per heavy atom. The van der Waals surface area contributed by atoms with E-state index in [2.05, 4.69) is 15.0 Å². The molecule has 1 amide bonds. The van der Waals surface area contributed by atoms with E-state index in [4.69, 9.17) is 22.2 Å². The third-order valence-electron chi connectivity index (χ3n) is 6.02. The summed E-state index contributed by atoms with van der Waals surface area (Å²) in [5.74, 6) is -1.19. The zero-order chi connectivity index (χ0) is 22.7. The Morgan fingerprint density at radius 2 is 1.94 bits per heavy atom. The molecule has 10 heteroatoms. The second kappa shape index (κ2) is 9.60. The highest BCUT2D eigenvalue weighted by molar-refractivity contribution is 6.31. The van der Waals surface area contributed by atoms with Gasteiger partial charge in [-0.2, -0.15) is 0 Å². The number of nitrogen functional groups attached to an aromatic ring is 1. The second-order valence-corrected chi connectivity index (χ2v) is 8.57. The molecule has 2 heterocycles. The van der Waals surface area contributed by atoms with Crippen molar-refractivity contribution in [3.63, 3.8) is 0 Å². The maximum Gasteiger partial charge on any atom is 0.436 e. The molecular weight excluding hydrogens is 434 g/mol. The molecule has 2 aromatic rings. The van der Waals surface area contributed by atoms with Crippen LogP contribution in [0, 0.1) is 5.92 Å². The lowest BCUT2D eigenvalue weighted by molar-refractivity contribution is -0.139. The summed E-state index contributed by atoms with van der Waals surface area (Å²) in [5.41, 5.74) is 8.10. The molecule has 170 valence electrons. The van der Waals surface area contributed by atoms with Crippen molar-refractivity contribution in [2.75, 3.05) is 36.8 Å². The van der Waals surface area contributed by atoms with Crippen LogP contribution in [0.25, 0.3) is 10.9 Å². The van der Waals surface area contributed by atoms with Gasteiger partial charge >= 0.3 is 12.1 Å². The molecule has 1 aromatic heterocycles. The number of carboxylic acid groups (broad SMARTS) is 1. The number of nitrogens with zero attached hydrogens (tertiary/aromatic N) is 4. The quantitative estimate of drug-likeness (QED) is 0.407. The summed E-state index contributed by atoms with van der Waals surface area (Å²) >= 11 is 6.09.